The van der Waals surface area contributed by atoms with Crippen molar-refractivity contribution in [1.29, 1.82) is 0 Å². The molecule has 1 unspecified atom stereocenters. The van der Waals surface area contributed by atoms with E-state index in [0.29, 0.717) is 11.5 Å². The minimum absolute atomic E-state index is 0.538. The molecule has 2 aliphatic heterocycles. The van der Waals surface area contributed by atoms with Gasteiger partial charge in [0.05, 0.1) is 0 Å². The highest BCUT2D eigenvalue weighted by molar-refractivity contribution is 5.52. The fourth-order valence-electron chi connectivity index (χ4n) is 3.68. The number of nitrogens with one attached hydrogen (secondary N) is 1. The zero-order valence-electron chi connectivity index (χ0n) is 13.0. The molecule has 2 aliphatic rings. The van der Waals surface area contributed by atoms with Crippen molar-refractivity contribution in [2.24, 2.45) is 5.41 Å². The summed E-state index contributed by atoms with van der Waals surface area (Å²) in [5.74, 6) is 0. The summed E-state index contributed by atoms with van der Waals surface area (Å²) in [6.45, 7) is 8.52. The Labute approximate surface area is 123 Å². The summed E-state index contributed by atoms with van der Waals surface area (Å²) in [4.78, 5) is 2.74. The molecule has 0 aliphatic carbocycles. The van der Waals surface area contributed by atoms with E-state index < -0.39 is 0 Å². The molecular weight excluding hydrogens is 244 g/mol. The molecule has 2 nitrogen and oxygen atoms in total. The van der Waals surface area contributed by atoms with E-state index in [4.69, 9.17) is 0 Å². The molecule has 0 spiro atoms. The second kappa shape index (κ2) is 5.77. The Balaban J connectivity index is 1.65. The van der Waals surface area contributed by atoms with E-state index in [1.54, 1.807) is 0 Å². The molecule has 20 heavy (non-hydrogen) atoms. The summed E-state index contributed by atoms with van der Waals surface area (Å²) >= 11 is 0. The maximum Gasteiger partial charge on any atom is 0.0373 e. The Bertz CT molecular complexity index is 425. The number of rotatable bonds is 1. The van der Waals surface area contributed by atoms with Crippen molar-refractivity contribution < 1.29 is 0 Å². The van der Waals surface area contributed by atoms with E-state index in [0.717, 1.165) is 6.54 Å². The Hall–Kier alpha value is -1.02. The highest BCUT2D eigenvalue weighted by Gasteiger charge is 2.27. The van der Waals surface area contributed by atoms with E-state index in [9.17, 15) is 0 Å². The van der Waals surface area contributed by atoms with Crippen LogP contribution in [0.3, 0.4) is 0 Å². The molecule has 2 heterocycles. The molecule has 2 heteroatoms. The Morgan fingerprint density at radius 3 is 2.90 bits per heavy atom. The summed E-state index contributed by atoms with van der Waals surface area (Å²) in [7, 11) is 0. The molecular formula is C18H28N2. The van der Waals surface area contributed by atoms with Crippen molar-refractivity contribution in [2.75, 3.05) is 25.0 Å². The molecule has 0 saturated carbocycles. The summed E-state index contributed by atoms with van der Waals surface area (Å²) in [5, 5.41) is 3.67. The minimum Gasteiger partial charge on any atom is -0.383 e. The summed E-state index contributed by atoms with van der Waals surface area (Å²) in [6, 6.07) is 9.51. The van der Waals surface area contributed by atoms with Gasteiger partial charge in [0.15, 0.2) is 0 Å². The summed E-state index contributed by atoms with van der Waals surface area (Å²) in [6.07, 6.45) is 6.59. The smallest absolute Gasteiger partial charge is 0.0373 e. The Morgan fingerprint density at radius 2 is 2.00 bits per heavy atom. The number of likely N-dealkylation sites (tertiary alicyclic amines) is 1. The van der Waals surface area contributed by atoms with Crippen molar-refractivity contribution >= 4 is 5.69 Å². The van der Waals surface area contributed by atoms with Crippen molar-refractivity contribution in [1.82, 2.24) is 4.90 Å². The lowest BCUT2D eigenvalue weighted by molar-refractivity contribution is 0.194. The predicted molar refractivity (Wildman–Crippen MR) is 86.2 cm³/mol. The third-order valence-electron chi connectivity index (χ3n) is 5.18. The number of hydrogen-bond donors (Lipinski definition) is 1. The molecule has 0 radical (unpaired) electrons. The average Bonchev–Trinajstić information content (AvgIpc) is 2.74. The number of aryl methyl sites for hydroxylation is 1. The number of para-hydroxylation sites is 1. The van der Waals surface area contributed by atoms with Gasteiger partial charge >= 0.3 is 0 Å². The van der Waals surface area contributed by atoms with Gasteiger partial charge in [0.2, 0.25) is 0 Å². The molecule has 0 aromatic heterocycles. The number of benzene rings is 1. The maximum atomic E-state index is 3.67. The van der Waals surface area contributed by atoms with E-state index >= 15 is 0 Å². The number of anilines is 1. The lowest BCUT2D eigenvalue weighted by atomic mass is 9.85. The highest BCUT2D eigenvalue weighted by atomic mass is 15.2. The fraction of sp³-hybridized carbons (Fsp3) is 0.667. The van der Waals surface area contributed by atoms with Gasteiger partial charge in [-0.25, -0.2) is 0 Å². The summed E-state index contributed by atoms with van der Waals surface area (Å²) < 4.78 is 0. The molecule has 1 atom stereocenters. The lowest BCUT2D eigenvalue weighted by Crippen LogP contribution is -2.40. The van der Waals surface area contributed by atoms with Gasteiger partial charge in [-0.1, -0.05) is 32.0 Å². The van der Waals surface area contributed by atoms with Crippen LogP contribution in [0.1, 0.15) is 45.1 Å². The molecule has 1 saturated heterocycles. The normalized spacial score (nSPS) is 27.0. The first-order valence-electron chi connectivity index (χ1n) is 8.20. The first-order chi connectivity index (χ1) is 9.64. The first kappa shape index (κ1) is 13.9. The first-order valence-corrected chi connectivity index (χ1v) is 8.20. The third kappa shape index (κ3) is 3.17. The molecule has 1 N–H and O–H groups in total. The second-order valence-electron chi connectivity index (χ2n) is 7.28. The van der Waals surface area contributed by atoms with Crippen molar-refractivity contribution in [3.8, 4) is 0 Å². The van der Waals surface area contributed by atoms with E-state index in [1.807, 2.05) is 0 Å². The zero-order valence-corrected chi connectivity index (χ0v) is 13.0. The average molecular weight is 272 g/mol. The largest absolute Gasteiger partial charge is 0.383 e. The molecule has 1 aromatic carbocycles. The van der Waals surface area contributed by atoms with Crippen LogP contribution < -0.4 is 5.32 Å². The van der Waals surface area contributed by atoms with Crippen LogP contribution in [0.2, 0.25) is 0 Å². The van der Waals surface area contributed by atoms with Crippen LogP contribution in [0.25, 0.3) is 0 Å². The van der Waals surface area contributed by atoms with Gasteiger partial charge in [-0.15, -0.1) is 0 Å². The molecule has 1 fully saturated rings. The number of hydrogen-bond acceptors (Lipinski definition) is 2. The van der Waals surface area contributed by atoms with Gasteiger partial charge < -0.3 is 5.32 Å². The zero-order chi connectivity index (χ0) is 14.0. The molecule has 1 aromatic rings. The molecule has 3 rings (SSSR count). The highest BCUT2D eigenvalue weighted by Crippen LogP contribution is 2.31. The van der Waals surface area contributed by atoms with Crippen LogP contribution in [0.4, 0.5) is 5.69 Å². The number of nitrogens with zero attached hydrogens (tertiary/aromatic N) is 1. The van der Waals surface area contributed by atoms with Crippen LogP contribution in [0.15, 0.2) is 24.3 Å². The van der Waals surface area contributed by atoms with Crippen LogP contribution in [0, 0.1) is 5.41 Å². The van der Waals surface area contributed by atoms with Gasteiger partial charge in [-0.2, -0.15) is 0 Å². The van der Waals surface area contributed by atoms with Gasteiger partial charge in [-0.3, -0.25) is 4.90 Å². The predicted octanol–water partition coefficient (Wildman–Crippen LogP) is 3.93. The standard InChI is InChI=1S/C18H28N2/c1-18(2)10-5-12-20(13-11-18)16-9-8-15-6-3-4-7-17(15)19-14-16/h3-4,6-7,16,19H,5,8-14H2,1-2H3. The number of fused-ring (bicyclic) bond motifs is 1. The molecule has 0 amide bonds. The van der Waals surface area contributed by atoms with Gasteiger partial charge in [0.25, 0.3) is 0 Å². The SMILES string of the molecule is CC1(C)CCCN(C2CCc3ccccc3NC2)CC1. The van der Waals surface area contributed by atoms with Gasteiger partial charge in [0, 0.05) is 18.3 Å². The van der Waals surface area contributed by atoms with E-state index in [-0.39, 0.29) is 0 Å². The van der Waals surface area contributed by atoms with Gasteiger partial charge in [0.1, 0.15) is 0 Å². The van der Waals surface area contributed by atoms with Crippen molar-refractivity contribution in [3.05, 3.63) is 29.8 Å². The monoisotopic (exact) mass is 272 g/mol. The Kier molecular flexibility index (Phi) is 4.02. The van der Waals surface area contributed by atoms with Crippen molar-refractivity contribution in [3.63, 3.8) is 0 Å². The quantitative estimate of drug-likeness (QED) is 0.833. The van der Waals surface area contributed by atoms with Gasteiger partial charge in [-0.05, 0) is 62.2 Å². The van der Waals surface area contributed by atoms with Crippen LogP contribution in [-0.4, -0.2) is 30.6 Å². The summed E-state index contributed by atoms with van der Waals surface area (Å²) in [5.41, 5.74) is 3.38. The molecule has 110 valence electrons. The van der Waals surface area contributed by atoms with Crippen LogP contribution in [0.5, 0.6) is 0 Å². The second-order valence-corrected chi connectivity index (χ2v) is 7.28. The Morgan fingerprint density at radius 1 is 1.15 bits per heavy atom. The minimum atomic E-state index is 0.538. The van der Waals surface area contributed by atoms with E-state index in [2.05, 4.69) is 48.3 Å². The maximum absolute atomic E-state index is 3.67. The topological polar surface area (TPSA) is 15.3 Å². The molecule has 0 bridgehead atoms. The third-order valence-corrected chi connectivity index (χ3v) is 5.18. The lowest BCUT2D eigenvalue weighted by Gasteiger charge is -2.30. The fourth-order valence-corrected chi connectivity index (χ4v) is 3.68. The van der Waals surface area contributed by atoms with Crippen LogP contribution >= 0.6 is 0 Å². The van der Waals surface area contributed by atoms with Crippen molar-refractivity contribution in [2.45, 2.75) is 52.0 Å². The van der Waals surface area contributed by atoms with E-state index in [1.165, 1.54) is 56.4 Å². The van der Waals surface area contributed by atoms with Crippen LogP contribution in [-0.2, 0) is 6.42 Å².